The highest BCUT2D eigenvalue weighted by molar-refractivity contribution is 6.77. The molecule has 0 saturated carbocycles. The maximum Gasteiger partial charge on any atom is 0.200 e. The number of carbonyl (C=O) groups is 1. The van der Waals surface area contributed by atoms with Crippen LogP contribution < -0.4 is 0 Å². The van der Waals surface area contributed by atoms with Crippen molar-refractivity contribution >= 4 is 14.6 Å². The van der Waals surface area contributed by atoms with Gasteiger partial charge in [-0.25, -0.2) is 0 Å². The van der Waals surface area contributed by atoms with E-state index in [9.17, 15) is 4.79 Å². The molecule has 0 unspecified atom stereocenters. The minimum Gasteiger partial charge on any atom is -0.416 e. The lowest BCUT2D eigenvalue weighted by Gasteiger charge is -2.42. The third-order valence-corrected chi connectivity index (χ3v) is 10.1. The number of hydrogen-bond donors (Lipinski definition) is 0. The molecule has 0 aliphatic carbocycles. The first-order valence-electron chi connectivity index (χ1n) is 7.47. The van der Waals surface area contributed by atoms with Gasteiger partial charge in [0.2, 0.25) is 0 Å². The Morgan fingerprint density at radius 2 is 1.39 bits per heavy atom. The van der Waals surface area contributed by atoms with Gasteiger partial charge in [-0.05, 0) is 29.5 Å². The van der Waals surface area contributed by atoms with Gasteiger partial charge >= 0.3 is 0 Å². The number of hydrogen-bond acceptors (Lipinski definition) is 2. The second-order valence-corrected chi connectivity index (χ2v) is 11.6. The topological polar surface area (TPSA) is 26.3 Å². The molecule has 0 aromatic carbocycles. The molecule has 0 fully saturated rings. The van der Waals surface area contributed by atoms with Crippen molar-refractivity contribution in [2.24, 2.45) is 0 Å². The van der Waals surface area contributed by atoms with Crippen molar-refractivity contribution in [3.05, 3.63) is 0 Å². The van der Waals surface area contributed by atoms with Crippen LogP contribution in [0.2, 0.25) is 16.6 Å². The van der Waals surface area contributed by atoms with Gasteiger partial charge in [-0.15, -0.1) is 0 Å². The fourth-order valence-corrected chi connectivity index (χ4v) is 8.75. The molecule has 0 heterocycles. The van der Waals surface area contributed by atoms with Gasteiger partial charge in [-0.2, -0.15) is 0 Å². The van der Waals surface area contributed by atoms with Crippen molar-refractivity contribution in [1.82, 2.24) is 0 Å². The summed E-state index contributed by atoms with van der Waals surface area (Å²) in [5, 5.41) is 0. The Hall–Kier alpha value is -0.153. The Kier molecular flexibility index (Phi) is 8.79. The smallest absolute Gasteiger partial charge is 0.200 e. The number of aldehydes is 1. The number of unbranched alkanes of at least 4 members (excludes halogenated alkanes) is 3. The van der Waals surface area contributed by atoms with Crippen molar-refractivity contribution in [2.75, 3.05) is 6.61 Å². The highest BCUT2D eigenvalue weighted by Crippen LogP contribution is 2.42. The molecule has 0 aromatic rings. The Morgan fingerprint density at radius 1 is 0.889 bits per heavy atom. The summed E-state index contributed by atoms with van der Waals surface area (Å²) >= 11 is 0. The summed E-state index contributed by atoms with van der Waals surface area (Å²) in [6.07, 6.45) is 4.91. The molecule has 18 heavy (non-hydrogen) atoms. The van der Waals surface area contributed by atoms with Crippen molar-refractivity contribution in [3.8, 4) is 0 Å². The largest absolute Gasteiger partial charge is 0.416 e. The molecule has 0 N–H and O–H groups in total. The van der Waals surface area contributed by atoms with E-state index in [1.807, 2.05) is 0 Å². The normalized spacial score (nSPS) is 12.7. The van der Waals surface area contributed by atoms with Crippen LogP contribution in [0, 0.1) is 0 Å². The summed E-state index contributed by atoms with van der Waals surface area (Å²) < 4.78 is 6.44. The Labute approximate surface area is 115 Å². The lowest BCUT2D eigenvalue weighted by molar-refractivity contribution is -0.107. The zero-order chi connectivity index (χ0) is 14.2. The number of rotatable bonds is 10. The monoisotopic (exact) mass is 272 g/mol. The minimum atomic E-state index is -1.67. The highest BCUT2D eigenvalue weighted by atomic mass is 28.4. The number of carbonyl (C=O) groups excluding carboxylic acids is 1. The van der Waals surface area contributed by atoms with Gasteiger partial charge in [-0.3, -0.25) is 0 Å². The Morgan fingerprint density at radius 3 is 1.78 bits per heavy atom. The molecule has 2 nitrogen and oxygen atoms in total. The molecular formula is C15H32O2Si. The zero-order valence-corrected chi connectivity index (χ0v) is 14.2. The van der Waals surface area contributed by atoms with Gasteiger partial charge in [0, 0.05) is 13.0 Å². The van der Waals surface area contributed by atoms with Gasteiger partial charge in [0.15, 0.2) is 8.32 Å². The van der Waals surface area contributed by atoms with E-state index in [-0.39, 0.29) is 0 Å². The van der Waals surface area contributed by atoms with Crippen molar-refractivity contribution < 1.29 is 9.22 Å². The van der Waals surface area contributed by atoms with Crippen LogP contribution in [0.25, 0.3) is 0 Å². The summed E-state index contributed by atoms with van der Waals surface area (Å²) in [6.45, 7) is 14.8. The van der Waals surface area contributed by atoms with Crippen molar-refractivity contribution in [2.45, 2.75) is 83.8 Å². The summed E-state index contributed by atoms with van der Waals surface area (Å²) in [7, 11) is -1.67. The average molecular weight is 273 g/mol. The van der Waals surface area contributed by atoms with E-state index in [1.165, 1.54) is 0 Å². The minimum absolute atomic E-state index is 0.660. The first kappa shape index (κ1) is 17.8. The van der Waals surface area contributed by atoms with Crippen LogP contribution in [0.5, 0.6) is 0 Å². The first-order chi connectivity index (χ1) is 8.39. The van der Waals surface area contributed by atoms with E-state index >= 15 is 0 Å². The van der Waals surface area contributed by atoms with Crippen molar-refractivity contribution in [3.63, 3.8) is 0 Å². The summed E-state index contributed by atoms with van der Waals surface area (Å²) in [4.78, 5) is 10.2. The van der Waals surface area contributed by atoms with Gasteiger partial charge in [0.05, 0.1) is 0 Å². The van der Waals surface area contributed by atoms with Crippen LogP contribution in [0.4, 0.5) is 0 Å². The second-order valence-electron chi connectivity index (χ2n) is 6.18. The third-order valence-electron chi connectivity index (χ3n) is 4.03. The van der Waals surface area contributed by atoms with E-state index in [1.54, 1.807) is 0 Å². The van der Waals surface area contributed by atoms with Gasteiger partial charge in [-0.1, -0.05) is 48.0 Å². The molecule has 0 atom stereocenters. The summed E-state index contributed by atoms with van der Waals surface area (Å²) in [5.41, 5.74) is 1.98. The Balaban J connectivity index is 4.30. The predicted octanol–water partition coefficient (Wildman–Crippen LogP) is 4.94. The maximum atomic E-state index is 10.2. The standard InChI is InChI=1S/C15H32O2Si/c1-13(2)18(14(3)4,15(5)6)17-12-10-8-7-9-11-16/h11,13-15H,7-10,12H2,1-6H3. The van der Waals surface area contributed by atoms with Gasteiger partial charge in [0.1, 0.15) is 6.29 Å². The van der Waals surface area contributed by atoms with Crippen LogP contribution in [0.1, 0.15) is 67.2 Å². The van der Waals surface area contributed by atoms with Crippen LogP contribution in [-0.2, 0) is 9.22 Å². The molecular weight excluding hydrogens is 240 g/mol. The third kappa shape index (κ3) is 4.85. The summed E-state index contributed by atoms with van der Waals surface area (Å²) in [6, 6.07) is 0. The van der Waals surface area contributed by atoms with E-state index < -0.39 is 8.32 Å². The van der Waals surface area contributed by atoms with E-state index in [0.717, 1.165) is 32.2 Å². The average Bonchev–Trinajstić information content (AvgIpc) is 2.26. The fourth-order valence-electron chi connectivity index (χ4n) is 3.26. The quantitative estimate of drug-likeness (QED) is 0.320. The molecule has 3 heteroatoms. The van der Waals surface area contributed by atoms with Crippen LogP contribution in [0.15, 0.2) is 0 Å². The van der Waals surface area contributed by atoms with Crippen molar-refractivity contribution in [1.29, 1.82) is 0 Å². The molecule has 0 amide bonds. The van der Waals surface area contributed by atoms with E-state index in [0.29, 0.717) is 23.0 Å². The van der Waals surface area contributed by atoms with Crippen LogP contribution in [-0.4, -0.2) is 21.2 Å². The molecule has 0 spiro atoms. The van der Waals surface area contributed by atoms with Crippen LogP contribution >= 0.6 is 0 Å². The molecule has 0 aromatic heterocycles. The van der Waals surface area contributed by atoms with E-state index in [4.69, 9.17) is 4.43 Å². The first-order valence-corrected chi connectivity index (χ1v) is 9.61. The van der Waals surface area contributed by atoms with E-state index in [2.05, 4.69) is 41.5 Å². The Bertz CT molecular complexity index is 203. The lowest BCUT2D eigenvalue weighted by Crippen LogP contribution is -2.47. The van der Waals surface area contributed by atoms with Crippen LogP contribution in [0.3, 0.4) is 0 Å². The molecule has 0 radical (unpaired) electrons. The molecule has 0 aliphatic heterocycles. The molecule has 108 valence electrons. The summed E-state index contributed by atoms with van der Waals surface area (Å²) in [5.74, 6) is 0. The van der Waals surface area contributed by atoms with Gasteiger partial charge in [0.25, 0.3) is 0 Å². The fraction of sp³-hybridized carbons (Fsp3) is 0.933. The maximum absolute atomic E-state index is 10.2. The molecule has 0 bridgehead atoms. The van der Waals surface area contributed by atoms with Gasteiger partial charge < -0.3 is 9.22 Å². The molecule has 0 aliphatic rings. The SMILES string of the molecule is CC(C)[Si](OCCCCCC=O)(C(C)C)C(C)C. The zero-order valence-electron chi connectivity index (χ0n) is 13.2. The second kappa shape index (κ2) is 8.86. The highest BCUT2D eigenvalue weighted by Gasteiger charge is 2.44. The lowest BCUT2D eigenvalue weighted by atomic mass is 10.2. The molecule has 0 rings (SSSR count). The molecule has 0 saturated heterocycles. The predicted molar refractivity (Wildman–Crippen MR) is 81.5 cm³/mol.